The molecule has 0 saturated carbocycles. The first-order chi connectivity index (χ1) is 9.74. The number of aliphatic hydroxyl groups excluding tert-OH is 1. The number of benzene rings is 1. The average Bonchev–Trinajstić information content (AvgIpc) is 3.09. The molecule has 0 aliphatic heterocycles. The van der Waals surface area contributed by atoms with Gasteiger partial charge in [-0.25, -0.2) is 4.68 Å². The van der Waals surface area contributed by atoms with Gasteiger partial charge in [-0.05, 0) is 19.1 Å². The van der Waals surface area contributed by atoms with E-state index in [2.05, 4.69) is 20.5 Å². The lowest BCUT2D eigenvalue weighted by atomic mass is 10.1. The van der Waals surface area contributed by atoms with Gasteiger partial charge < -0.3 is 9.52 Å². The number of aliphatic hydroxyl groups is 1. The van der Waals surface area contributed by atoms with Gasteiger partial charge in [-0.3, -0.25) is 0 Å². The Labute approximate surface area is 114 Å². The normalized spacial score (nSPS) is 10.9. The van der Waals surface area contributed by atoms with Crippen LogP contribution in [-0.2, 0) is 13.2 Å². The van der Waals surface area contributed by atoms with Gasteiger partial charge >= 0.3 is 0 Å². The molecule has 0 unspecified atom stereocenters. The largest absolute Gasteiger partial charge is 0.419 e. The first kappa shape index (κ1) is 12.5. The fraction of sp³-hybridized carbons (Fsp3) is 0.231. The van der Waals surface area contributed by atoms with E-state index in [-0.39, 0.29) is 6.61 Å². The van der Waals surface area contributed by atoms with Crippen molar-refractivity contribution in [1.29, 1.82) is 0 Å². The summed E-state index contributed by atoms with van der Waals surface area (Å²) in [5, 5.41) is 24.5. The Kier molecular flexibility index (Phi) is 3.26. The van der Waals surface area contributed by atoms with E-state index in [4.69, 9.17) is 9.52 Å². The van der Waals surface area contributed by atoms with Crippen LogP contribution >= 0.6 is 0 Å². The van der Waals surface area contributed by atoms with Gasteiger partial charge in [0.1, 0.15) is 12.2 Å². The molecule has 0 atom stereocenters. The van der Waals surface area contributed by atoms with Crippen molar-refractivity contribution < 1.29 is 9.52 Å². The maximum absolute atomic E-state index is 8.92. The minimum atomic E-state index is -0.140. The molecule has 3 rings (SSSR count). The Hall–Kier alpha value is -2.54. The molecule has 2 heterocycles. The van der Waals surface area contributed by atoms with Crippen molar-refractivity contribution in [3.05, 3.63) is 47.6 Å². The molecule has 7 heteroatoms. The number of aryl methyl sites for hydroxylation is 1. The predicted octanol–water partition coefficient (Wildman–Crippen LogP) is 1.18. The Morgan fingerprint density at radius 1 is 1.15 bits per heavy atom. The SMILES string of the molecule is Cc1ccc(-c2nnc(Cn3cc(CO)nn3)o2)cc1. The van der Waals surface area contributed by atoms with Gasteiger partial charge in [0.2, 0.25) is 11.8 Å². The number of hydrogen-bond donors (Lipinski definition) is 1. The molecule has 0 aliphatic carbocycles. The van der Waals surface area contributed by atoms with Crippen LogP contribution in [-0.4, -0.2) is 30.3 Å². The van der Waals surface area contributed by atoms with Crippen LogP contribution in [0.15, 0.2) is 34.9 Å². The van der Waals surface area contributed by atoms with Gasteiger partial charge in [-0.15, -0.1) is 15.3 Å². The molecule has 3 aromatic rings. The van der Waals surface area contributed by atoms with Crippen LogP contribution in [0, 0.1) is 6.92 Å². The summed E-state index contributed by atoms with van der Waals surface area (Å²) in [6.07, 6.45) is 1.63. The van der Waals surface area contributed by atoms with E-state index in [1.807, 2.05) is 31.2 Å². The van der Waals surface area contributed by atoms with Gasteiger partial charge in [0.15, 0.2) is 0 Å². The van der Waals surface area contributed by atoms with Crippen LogP contribution in [0.25, 0.3) is 11.5 Å². The molecule has 20 heavy (non-hydrogen) atoms. The first-order valence-corrected chi connectivity index (χ1v) is 6.14. The highest BCUT2D eigenvalue weighted by Crippen LogP contribution is 2.18. The van der Waals surface area contributed by atoms with Crippen molar-refractivity contribution in [2.24, 2.45) is 0 Å². The maximum Gasteiger partial charge on any atom is 0.247 e. The molecule has 0 aliphatic rings. The smallest absolute Gasteiger partial charge is 0.247 e. The Balaban J connectivity index is 1.78. The Bertz CT molecular complexity index is 702. The molecule has 0 saturated heterocycles. The number of rotatable bonds is 4. The minimum absolute atomic E-state index is 0.140. The summed E-state index contributed by atoms with van der Waals surface area (Å²) in [6, 6.07) is 7.85. The molecule has 102 valence electrons. The van der Waals surface area contributed by atoms with Gasteiger partial charge in [-0.2, -0.15) is 0 Å². The van der Waals surface area contributed by atoms with E-state index in [1.54, 1.807) is 6.20 Å². The van der Waals surface area contributed by atoms with Crippen LogP contribution in [0.3, 0.4) is 0 Å². The quantitative estimate of drug-likeness (QED) is 0.766. The van der Waals surface area contributed by atoms with Crippen LogP contribution in [0.4, 0.5) is 0 Å². The molecule has 7 nitrogen and oxygen atoms in total. The highest BCUT2D eigenvalue weighted by Gasteiger charge is 2.10. The first-order valence-electron chi connectivity index (χ1n) is 6.14. The minimum Gasteiger partial charge on any atom is -0.419 e. The van der Waals surface area contributed by atoms with Crippen LogP contribution in [0.1, 0.15) is 17.1 Å². The molecular formula is C13H13N5O2. The molecule has 0 bridgehead atoms. The topological polar surface area (TPSA) is 89.9 Å². The lowest BCUT2D eigenvalue weighted by molar-refractivity contribution is 0.276. The number of aromatic nitrogens is 5. The predicted molar refractivity (Wildman–Crippen MR) is 69.5 cm³/mol. The summed E-state index contributed by atoms with van der Waals surface area (Å²) in [7, 11) is 0. The summed E-state index contributed by atoms with van der Waals surface area (Å²) in [6.45, 7) is 2.21. The molecule has 0 fully saturated rings. The third-order valence-electron chi connectivity index (χ3n) is 2.81. The molecular weight excluding hydrogens is 258 g/mol. The molecule has 2 aromatic heterocycles. The Morgan fingerprint density at radius 3 is 2.65 bits per heavy atom. The van der Waals surface area contributed by atoms with E-state index >= 15 is 0 Å². The van der Waals surface area contributed by atoms with Gasteiger partial charge in [-0.1, -0.05) is 22.9 Å². The number of nitrogens with zero attached hydrogens (tertiary/aromatic N) is 5. The highest BCUT2D eigenvalue weighted by molar-refractivity contribution is 5.52. The standard InChI is InChI=1S/C13H13N5O2/c1-9-2-4-10(5-3-9)13-16-15-12(20-13)7-18-6-11(8-19)14-17-18/h2-6,19H,7-8H2,1H3. The Morgan fingerprint density at radius 2 is 1.95 bits per heavy atom. The lowest BCUT2D eigenvalue weighted by Gasteiger charge is -1.96. The second kappa shape index (κ2) is 5.22. The molecule has 0 radical (unpaired) electrons. The third kappa shape index (κ3) is 2.57. The molecule has 0 amide bonds. The zero-order chi connectivity index (χ0) is 13.9. The zero-order valence-corrected chi connectivity index (χ0v) is 10.9. The van der Waals surface area contributed by atoms with E-state index in [9.17, 15) is 0 Å². The highest BCUT2D eigenvalue weighted by atomic mass is 16.4. The second-order valence-electron chi connectivity index (χ2n) is 4.43. The van der Waals surface area contributed by atoms with Gasteiger partial charge in [0, 0.05) is 5.56 Å². The second-order valence-corrected chi connectivity index (χ2v) is 4.43. The van der Waals surface area contributed by atoms with Crippen molar-refractivity contribution >= 4 is 0 Å². The summed E-state index contributed by atoms with van der Waals surface area (Å²) in [5.74, 6) is 0.914. The number of hydrogen-bond acceptors (Lipinski definition) is 6. The van der Waals surface area contributed by atoms with Crippen LogP contribution < -0.4 is 0 Å². The maximum atomic E-state index is 8.92. The van der Waals surface area contributed by atoms with E-state index in [0.29, 0.717) is 24.0 Å². The summed E-state index contributed by atoms with van der Waals surface area (Å²) in [5.41, 5.74) is 2.56. The average molecular weight is 271 g/mol. The van der Waals surface area contributed by atoms with Crippen LogP contribution in [0.2, 0.25) is 0 Å². The van der Waals surface area contributed by atoms with E-state index < -0.39 is 0 Å². The summed E-state index contributed by atoms with van der Waals surface area (Å²) >= 11 is 0. The third-order valence-corrected chi connectivity index (χ3v) is 2.81. The fourth-order valence-electron chi connectivity index (χ4n) is 1.76. The molecule has 1 N–H and O–H groups in total. The van der Waals surface area contributed by atoms with Crippen LogP contribution in [0.5, 0.6) is 0 Å². The van der Waals surface area contributed by atoms with Crippen molar-refractivity contribution in [3.8, 4) is 11.5 Å². The lowest BCUT2D eigenvalue weighted by Crippen LogP contribution is -2.00. The summed E-state index contributed by atoms with van der Waals surface area (Å²) < 4.78 is 7.12. The van der Waals surface area contributed by atoms with E-state index in [0.717, 1.165) is 5.56 Å². The molecule has 1 aromatic carbocycles. The van der Waals surface area contributed by atoms with Gasteiger partial charge in [0.05, 0.1) is 12.8 Å². The summed E-state index contributed by atoms with van der Waals surface area (Å²) in [4.78, 5) is 0. The monoisotopic (exact) mass is 271 g/mol. The van der Waals surface area contributed by atoms with E-state index in [1.165, 1.54) is 10.2 Å². The van der Waals surface area contributed by atoms with Gasteiger partial charge in [0.25, 0.3) is 0 Å². The van der Waals surface area contributed by atoms with Crippen molar-refractivity contribution in [2.75, 3.05) is 0 Å². The molecule has 0 spiro atoms. The van der Waals surface area contributed by atoms with Crippen molar-refractivity contribution in [2.45, 2.75) is 20.1 Å². The zero-order valence-electron chi connectivity index (χ0n) is 10.9. The fourth-order valence-corrected chi connectivity index (χ4v) is 1.76. The van der Waals surface area contributed by atoms with Crippen molar-refractivity contribution in [1.82, 2.24) is 25.2 Å². The van der Waals surface area contributed by atoms with Crippen molar-refractivity contribution in [3.63, 3.8) is 0 Å².